The van der Waals surface area contributed by atoms with E-state index in [2.05, 4.69) is 48.2 Å². The van der Waals surface area contributed by atoms with Gasteiger partial charge in [0.05, 0.1) is 9.47 Å². The Labute approximate surface area is 144 Å². The Kier molecular flexibility index (Phi) is 5.61. The fraction of sp³-hybridized carbons (Fsp3) is 0.133. The highest BCUT2D eigenvalue weighted by Gasteiger charge is 2.08. The van der Waals surface area contributed by atoms with Gasteiger partial charge in [-0.25, -0.2) is 4.79 Å². The van der Waals surface area contributed by atoms with Crippen LogP contribution in [-0.2, 0) is 11.3 Å². The third-order valence-electron chi connectivity index (χ3n) is 2.84. The molecular weight excluding hydrogens is 418 g/mol. The van der Waals surface area contributed by atoms with E-state index in [1.165, 1.54) is 5.56 Å². The van der Waals surface area contributed by atoms with Crippen molar-refractivity contribution in [2.75, 3.05) is 11.9 Å². The molecule has 0 aliphatic rings. The van der Waals surface area contributed by atoms with Gasteiger partial charge in [0.15, 0.2) is 0 Å². The van der Waals surface area contributed by atoms with Crippen LogP contribution in [0.1, 0.15) is 11.1 Å². The fourth-order valence-electron chi connectivity index (χ4n) is 1.89. The van der Waals surface area contributed by atoms with Crippen LogP contribution in [0.15, 0.2) is 44.0 Å². The zero-order chi connectivity index (χ0) is 15.4. The number of thiophene rings is 1. The average Bonchev–Trinajstić information content (AvgIpc) is 2.81. The molecule has 1 aromatic heterocycles. The molecule has 1 N–H and O–H groups in total. The van der Waals surface area contributed by atoms with E-state index in [9.17, 15) is 4.79 Å². The summed E-state index contributed by atoms with van der Waals surface area (Å²) in [5.74, 6) is -0.949. The Hall–Kier alpha value is -1.11. The van der Waals surface area contributed by atoms with Crippen LogP contribution in [0.25, 0.3) is 6.08 Å². The van der Waals surface area contributed by atoms with Gasteiger partial charge in [-0.2, -0.15) is 0 Å². The van der Waals surface area contributed by atoms with E-state index in [0.717, 1.165) is 32.1 Å². The second-order valence-electron chi connectivity index (χ2n) is 4.50. The van der Waals surface area contributed by atoms with Gasteiger partial charge >= 0.3 is 5.97 Å². The van der Waals surface area contributed by atoms with Crippen molar-refractivity contribution >= 4 is 60.9 Å². The first-order valence-electron chi connectivity index (χ1n) is 6.10. The van der Waals surface area contributed by atoms with Crippen LogP contribution >= 0.6 is 43.2 Å². The SMILES string of the molecule is CN(Cc1csc(Br)c1)c1ccc(/C=C/C(=O)O)cc1Br. The zero-order valence-corrected chi connectivity index (χ0v) is 15.2. The van der Waals surface area contributed by atoms with Crippen molar-refractivity contribution in [3.05, 3.63) is 55.1 Å². The molecule has 0 unspecified atom stereocenters. The van der Waals surface area contributed by atoms with Gasteiger partial charge in [-0.05, 0) is 72.6 Å². The highest BCUT2D eigenvalue weighted by Crippen LogP contribution is 2.29. The van der Waals surface area contributed by atoms with E-state index < -0.39 is 5.97 Å². The maximum atomic E-state index is 10.5. The van der Waals surface area contributed by atoms with Crippen LogP contribution in [0.2, 0.25) is 0 Å². The molecule has 0 amide bonds. The minimum absolute atomic E-state index is 0.811. The molecule has 0 radical (unpaired) electrons. The van der Waals surface area contributed by atoms with Gasteiger partial charge in [0.2, 0.25) is 0 Å². The molecule has 0 aliphatic heterocycles. The van der Waals surface area contributed by atoms with Gasteiger partial charge in [-0.1, -0.05) is 6.07 Å². The van der Waals surface area contributed by atoms with Crippen molar-refractivity contribution < 1.29 is 9.90 Å². The first kappa shape index (κ1) is 16.3. The van der Waals surface area contributed by atoms with Crippen molar-refractivity contribution in [2.45, 2.75) is 6.54 Å². The summed E-state index contributed by atoms with van der Waals surface area (Å²) < 4.78 is 2.06. The molecule has 1 heterocycles. The predicted molar refractivity (Wildman–Crippen MR) is 94.9 cm³/mol. The Morgan fingerprint density at radius 3 is 2.71 bits per heavy atom. The minimum atomic E-state index is -0.949. The average molecular weight is 431 g/mol. The number of rotatable bonds is 5. The summed E-state index contributed by atoms with van der Waals surface area (Å²) in [5.41, 5.74) is 3.15. The van der Waals surface area contributed by atoms with E-state index in [1.807, 2.05) is 25.2 Å². The van der Waals surface area contributed by atoms with E-state index >= 15 is 0 Å². The van der Waals surface area contributed by atoms with Crippen LogP contribution in [0.5, 0.6) is 0 Å². The summed E-state index contributed by atoms with van der Waals surface area (Å²) in [7, 11) is 2.03. The number of hydrogen-bond acceptors (Lipinski definition) is 3. The number of anilines is 1. The van der Waals surface area contributed by atoms with Crippen molar-refractivity contribution in [1.82, 2.24) is 0 Å². The maximum Gasteiger partial charge on any atom is 0.328 e. The predicted octanol–water partition coefficient (Wildman–Crippen LogP) is 5.01. The lowest BCUT2D eigenvalue weighted by Crippen LogP contribution is -2.16. The molecule has 1 aromatic carbocycles. The Morgan fingerprint density at radius 1 is 1.38 bits per heavy atom. The van der Waals surface area contributed by atoms with Gasteiger partial charge in [0, 0.05) is 24.1 Å². The molecule has 0 saturated carbocycles. The van der Waals surface area contributed by atoms with Gasteiger partial charge in [-0.3, -0.25) is 0 Å². The first-order valence-corrected chi connectivity index (χ1v) is 8.57. The number of halogens is 2. The number of carbonyl (C=O) groups is 1. The molecule has 2 aromatic rings. The standard InChI is InChI=1S/C15H13Br2NO2S/c1-18(8-11-7-14(17)21-9-11)13-4-2-10(6-12(13)16)3-5-15(19)20/h2-7,9H,8H2,1H3,(H,19,20)/b5-3+. The van der Waals surface area contributed by atoms with Gasteiger partial charge in [0.1, 0.15) is 0 Å². The smallest absolute Gasteiger partial charge is 0.328 e. The van der Waals surface area contributed by atoms with Crippen molar-refractivity contribution in [2.24, 2.45) is 0 Å². The second kappa shape index (κ2) is 7.24. The van der Waals surface area contributed by atoms with Crippen molar-refractivity contribution in [3.8, 4) is 0 Å². The van der Waals surface area contributed by atoms with Crippen molar-refractivity contribution in [3.63, 3.8) is 0 Å². The van der Waals surface area contributed by atoms with Crippen LogP contribution in [0.3, 0.4) is 0 Å². The molecular formula is C15H13Br2NO2S. The summed E-state index contributed by atoms with van der Waals surface area (Å²) in [6.07, 6.45) is 2.71. The zero-order valence-electron chi connectivity index (χ0n) is 11.2. The molecule has 0 aliphatic carbocycles. The summed E-state index contributed by atoms with van der Waals surface area (Å²) in [6.45, 7) is 0.811. The normalized spacial score (nSPS) is 11.0. The van der Waals surface area contributed by atoms with E-state index in [0.29, 0.717) is 0 Å². The van der Waals surface area contributed by atoms with Crippen LogP contribution in [0, 0.1) is 0 Å². The largest absolute Gasteiger partial charge is 0.478 e. The van der Waals surface area contributed by atoms with Crippen molar-refractivity contribution in [1.29, 1.82) is 0 Å². The summed E-state index contributed by atoms with van der Waals surface area (Å²) in [4.78, 5) is 12.7. The molecule has 3 nitrogen and oxygen atoms in total. The lowest BCUT2D eigenvalue weighted by atomic mass is 10.1. The van der Waals surface area contributed by atoms with E-state index in [-0.39, 0.29) is 0 Å². The molecule has 0 fully saturated rings. The number of aliphatic carboxylic acids is 1. The summed E-state index contributed by atoms with van der Waals surface area (Å²) in [6, 6.07) is 7.90. The highest BCUT2D eigenvalue weighted by atomic mass is 79.9. The lowest BCUT2D eigenvalue weighted by molar-refractivity contribution is -0.131. The van der Waals surface area contributed by atoms with Gasteiger partial charge in [-0.15, -0.1) is 11.3 Å². The first-order chi connectivity index (χ1) is 9.95. The Balaban J connectivity index is 2.14. The number of carboxylic acid groups (broad SMARTS) is 1. The maximum absolute atomic E-state index is 10.5. The van der Waals surface area contributed by atoms with Gasteiger partial charge in [0.25, 0.3) is 0 Å². The van der Waals surface area contributed by atoms with E-state index in [1.54, 1.807) is 17.4 Å². The summed E-state index contributed by atoms with van der Waals surface area (Å²) in [5, 5.41) is 10.8. The molecule has 0 bridgehead atoms. The van der Waals surface area contributed by atoms with Crippen LogP contribution in [0.4, 0.5) is 5.69 Å². The third-order valence-corrected chi connectivity index (χ3v) is 5.03. The van der Waals surface area contributed by atoms with Crippen LogP contribution < -0.4 is 4.90 Å². The minimum Gasteiger partial charge on any atom is -0.478 e. The summed E-state index contributed by atoms with van der Waals surface area (Å²) >= 11 is 8.68. The monoisotopic (exact) mass is 429 g/mol. The molecule has 0 saturated heterocycles. The molecule has 110 valence electrons. The van der Waals surface area contributed by atoms with Gasteiger partial charge < -0.3 is 10.0 Å². The molecule has 0 atom stereocenters. The highest BCUT2D eigenvalue weighted by molar-refractivity contribution is 9.11. The lowest BCUT2D eigenvalue weighted by Gasteiger charge is -2.20. The molecule has 2 rings (SSSR count). The Morgan fingerprint density at radius 2 is 2.14 bits per heavy atom. The number of nitrogens with zero attached hydrogens (tertiary/aromatic N) is 1. The topological polar surface area (TPSA) is 40.5 Å². The number of hydrogen-bond donors (Lipinski definition) is 1. The Bertz CT molecular complexity index is 682. The molecule has 0 spiro atoms. The number of benzene rings is 1. The molecule has 6 heteroatoms. The number of carboxylic acids is 1. The second-order valence-corrected chi connectivity index (χ2v) is 7.64. The molecule has 21 heavy (non-hydrogen) atoms. The van der Waals surface area contributed by atoms with Crippen LogP contribution in [-0.4, -0.2) is 18.1 Å². The van der Waals surface area contributed by atoms with E-state index in [4.69, 9.17) is 5.11 Å². The third kappa shape index (κ3) is 4.69. The fourth-order valence-corrected chi connectivity index (χ4v) is 3.79. The quantitative estimate of drug-likeness (QED) is 0.678.